The highest BCUT2D eigenvalue weighted by atomic mass is 35.5. The van der Waals surface area contributed by atoms with E-state index in [-0.39, 0.29) is 16.8 Å². The minimum absolute atomic E-state index is 0.0169. The van der Waals surface area contributed by atoms with Crippen LogP contribution in [0.15, 0.2) is 71.8 Å². The van der Waals surface area contributed by atoms with E-state index in [0.29, 0.717) is 48.3 Å². The van der Waals surface area contributed by atoms with Gasteiger partial charge in [-0.3, -0.25) is 4.79 Å². The highest BCUT2D eigenvalue weighted by Crippen LogP contribution is 2.30. The number of nitrogens with one attached hydrogen (secondary N) is 3. The number of hydrogen-bond acceptors (Lipinski definition) is 6. The van der Waals surface area contributed by atoms with Crippen LogP contribution in [0.25, 0.3) is 0 Å². The first-order valence-electron chi connectivity index (χ1n) is 12.3. The Balaban J connectivity index is 1.37. The first-order chi connectivity index (χ1) is 18.2. The smallest absolute Gasteiger partial charge is 0.315 e. The Bertz CT molecular complexity index is 1390. The number of nitrogens with zero attached hydrogens (tertiary/aromatic N) is 2. The summed E-state index contributed by atoms with van der Waals surface area (Å²) in [6, 6.07) is 17.4. The van der Waals surface area contributed by atoms with Gasteiger partial charge in [-0.25, -0.2) is 18.2 Å². The van der Waals surface area contributed by atoms with Crippen molar-refractivity contribution in [2.24, 2.45) is 5.92 Å². The molecule has 0 radical (unpaired) electrons. The van der Waals surface area contributed by atoms with E-state index < -0.39 is 15.7 Å². The zero-order chi connectivity index (χ0) is 27.1. The van der Waals surface area contributed by atoms with Gasteiger partial charge in [0.1, 0.15) is 0 Å². The quantitative estimate of drug-likeness (QED) is 0.385. The predicted molar refractivity (Wildman–Crippen MR) is 148 cm³/mol. The summed E-state index contributed by atoms with van der Waals surface area (Å²) in [6.45, 7) is 2.30. The lowest BCUT2D eigenvalue weighted by Gasteiger charge is -2.34. The lowest BCUT2D eigenvalue weighted by Crippen LogP contribution is -2.42. The summed E-state index contributed by atoms with van der Waals surface area (Å²) >= 11 is 6.02. The van der Waals surface area contributed by atoms with Crippen LogP contribution in [0, 0.1) is 5.92 Å². The first kappa shape index (κ1) is 27.4. The number of sulfone groups is 1. The van der Waals surface area contributed by atoms with Gasteiger partial charge < -0.3 is 20.9 Å². The van der Waals surface area contributed by atoms with Crippen molar-refractivity contribution in [2.75, 3.05) is 36.1 Å². The van der Waals surface area contributed by atoms with Crippen molar-refractivity contribution in [3.8, 4) is 0 Å². The fraction of sp³-hybridized carbons (Fsp3) is 0.296. The fourth-order valence-corrected chi connectivity index (χ4v) is 5.00. The van der Waals surface area contributed by atoms with Crippen LogP contribution in [0.1, 0.15) is 28.8 Å². The van der Waals surface area contributed by atoms with E-state index in [1.807, 2.05) is 35.2 Å². The number of pyridine rings is 1. The van der Waals surface area contributed by atoms with E-state index in [2.05, 4.69) is 20.9 Å². The van der Waals surface area contributed by atoms with Crippen LogP contribution >= 0.6 is 11.6 Å². The molecular formula is C27H30ClN5O4S. The lowest BCUT2D eigenvalue weighted by atomic mass is 9.96. The molecule has 4 rings (SSSR count). The number of rotatable bonds is 8. The van der Waals surface area contributed by atoms with Crippen molar-refractivity contribution in [1.29, 1.82) is 0 Å². The summed E-state index contributed by atoms with van der Waals surface area (Å²) in [5.74, 6) is 0.370. The molecule has 2 heterocycles. The van der Waals surface area contributed by atoms with Crippen LogP contribution in [0.3, 0.4) is 0 Å². The van der Waals surface area contributed by atoms with Crippen molar-refractivity contribution in [1.82, 2.24) is 15.6 Å². The number of aromatic nitrogens is 1. The van der Waals surface area contributed by atoms with Gasteiger partial charge in [0.2, 0.25) is 0 Å². The molecule has 38 heavy (non-hydrogen) atoms. The third-order valence-electron chi connectivity index (χ3n) is 6.37. The molecule has 200 valence electrons. The Morgan fingerprint density at radius 2 is 1.76 bits per heavy atom. The molecule has 0 spiro atoms. The molecule has 0 bridgehead atoms. The van der Waals surface area contributed by atoms with Gasteiger partial charge in [-0.15, -0.1) is 0 Å². The van der Waals surface area contributed by atoms with Gasteiger partial charge in [-0.1, -0.05) is 48.0 Å². The van der Waals surface area contributed by atoms with Crippen LogP contribution in [0.4, 0.5) is 16.3 Å². The average molecular weight is 556 g/mol. The van der Waals surface area contributed by atoms with Gasteiger partial charge in [-0.05, 0) is 48.6 Å². The number of amides is 3. The van der Waals surface area contributed by atoms with Gasteiger partial charge >= 0.3 is 6.03 Å². The van der Waals surface area contributed by atoms with E-state index in [9.17, 15) is 18.0 Å². The van der Waals surface area contributed by atoms with Gasteiger partial charge in [0.15, 0.2) is 15.7 Å². The normalized spacial score (nSPS) is 14.1. The van der Waals surface area contributed by atoms with E-state index in [1.165, 1.54) is 12.3 Å². The second-order valence-corrected chi connectivity index (χ2v) is 11.7. The van der Waals surface area contributed by atoms with Gasteiger partial charge in [0.05, 0.1) is 10.6 Å². The molecule has 0 aliphatic carbocycles. The molecule has 1 aliphatic rings. The third-order valence-corrected chi connectivity index (χ3v) is 7.68. The van der Waals surface area contributed by atoms with Gasteiger partial charge in [0.25, 0.3) is 5.91 Å². The van der Waals surface area contributed by atoms with Gasteiger partial charge in [0, 0.05) is 49.2 Å². The number of halogens is 1. The number of carbonyl (C=O) groups is 2. The molecule has 3 N–H and O–H groups in total. The van der Waals surface area contributed by atoms with Crippen molar-refractivity contribution in [3.63, 3.8) is 0 Å². The monoisotopic (exact) mass is 555 g/mol. The molecular weight excluding hydrogens is 526 g/mol. The summed E-state index contributed by atoms with van der Waals surface area (Å²) in [5.41, 5.74) is 1.70. The van der Waals surface area contributed by atoms with Crippen molar-refractivity contribution < 1.29 is 18.0 Å². The zero-order valence-corrected chi connectivity index (χ0v) is 22.6. The summed E-state index contributed by atoms with van der Waals surface area (Å²) < 4.78 is 24.3. The van der Waals surface area contributed by atoms with Crippen molar-refractivity contribution in [2.45, 2.75) is 24.3 Å². The first-order valence-corrected chi connectivity index (χ1v) is 14.5. The molecule has 0 saturated carbocycles. The summed E-state index contributed by atoms with van der Waals surface area (Å²) in [7, 11) is -3.53. The van der Waals surface area contributed by atoms with Gasteiger partial charge in [-0.2, -0.15) is 0 Å². The van der Waals surface area contributed by atoms with E-state index in [1.54, 1.807) is 24.3 Å². The molecule has 0 atom stereocenters. The maximum Gasteiger partial charge on any atom is 0.315 e. The molecule has 3 aromatic rings. The Morgan fingerprint density at radius 1 is 1.03 bits per heavy atom. The van der Waals surface area contributed by atoms with Crippen LogP contribution in [-0.2, 0) is 16.4 Å². The Hall–Kier alpha value is -3.63. The number of benzene rings is 2. The standard InChI is InChI=1S/C27H30ClN5O4S/c1-38(36,37)23-15-24(32-26(34)21-8-5-9-22(28)14-21)25(29-18-23)33-12-10-20(11-13-33)17-31-27(35)30-16-19-6-3-2-4-7-19/h2-9,14-15,18,20H,10-13,16-17H2,1H3,(H,32,34)(H2,30,31,35). The maximum atomic E-state index is 12.9. The average Bonchev–Trinajstić information content (AvgIpc) is 2.91. The second kappa shape index (κ2) is 12.3. The third kappa shape index (κ3) is 7.45. The Morgan fingerprint density at radius 3 is 2.45 bits per heavy atom. The largest absolute Gasteiger partial charge is 0.355 e. The van der Waals surface area contributed by atoms with Crippen LogP contribution < -0.4 is 20.9 Å². The van der Waals surface area contributed by atoms with E-state index >= 15 is 0 Å². The molecule has 0 unspecified atom stereocenters. The molecule has 1 saturated heterocycles. The SMILES string of the molecule is CS(=O)(=O)c1cnc(N2CCC(CNC(=O)NCc3ccccc3)CC2)c(NC(=O)c2cccc(Cl)c2)c1. The highest BCUT2D eigenvalue weighted by Gasteiger charge is 2.24. The van der Waals surface area contributed by atoms with Crippen LogP contribution in [0.5, 0.6) is 0 Å². The topological polar surface area (TPSA) is 120 Å². The molecule has 1 aliphatic heterocycles. The molecule has 3 amide bonds. The van der Waals surface area contributed by atoms with E-state index in [4.69, 9.17) is 11.6 Å². The molecule has 2 aromatic carbocycles. The Kier molecular flexibility index (Phi) is 8.85. The number of hydrogen-bond donors (Lipinski definition) is 3. The number of carbonyl (C=O) groups excluding carboxylic acids is 2. The predicted octanol–water partition coefficient (Wildman–Crippen LogP) is 4.11. The maximum absolute atomic E-state index is 12.9. The van der Waals surface area contributed by atoms with Crippen molar-refractivity contribution >= 4 is 44.9 Å². The van der Waals surface area contributed by atoms with Crippen molar-refractivity contribution in [3.05, 3.63) is 83.0 Å². The lowest BCUT2D eigenvalue weighted by molar-refractivity contribution is 0.102. The molecule has 9 nitrogen and oxygen atoms in total. The summed E-state index contributed by atoms with van der Waals surface area (Å²) in [4.78, 5) is 31.5. The second-order valence-electron chi connectivity index (χ2n) is 9.26. The molecule has 1 fully saturated rings. The number of urea groups is 1. The highest BCUT2D eigenvalue weighted by molar-refractivity contribution is 7.90. The fourth-order valence-electron chi connectivity index (χ4n) is 4.24. The number of anilines is 2. The minimum atomic E-state index is -3.53. The number of piperidine rings is 1. The zero-order valence-electron chi connectivity index (χ0n) is 21.0. The van der Waals surface area contributed by atoms with E-state index in [0.717, 1.165) is 24.7 Å². The van der Waals surface area contributed by atoms with Crippen LogP contribution in [0.2, 0.25) is 5.02 Å². The molecule has 1 aromatic heterocycles. The minimum Gasteiger partial charge on any atom is -0.355 e. The van der Waals surface area contributed by atoms with Crippen LogP contribution in [-0.4, -0.2) is 51.2 Å². The Labute approximate surface area is 227 Å². The molecule has 11 heteroatoms. The summed E-state index contributed by atoms with van der Waals surface area (Å²) in [6.07, 6.45) is 4.01. The summed E-state index contributed by atoms with van der Waals surface area (Å²) in [5, 5.41) is 9.04.